The van der Waals surface area contributed by atoms with E-state index in [-0.39, 0.29) is 17.7 Å². The van der Waals surface area contributed by atoms with Crippen molar-refractivity contribution in [2.75, 3.05) is 0 Å². The van der Waals surface area contributed by atoms with Crippen LogP contribution in [0.25, 0.3) is 21.7 Å². The Bertz CT molecular complexity index is 1330. The number of aldehydes is 1. The zero-order chi connectivity index (χ0) is 21.8. The molecule has 0 aliphatic carbocycles. The molecule has 2 atom stereocenters. The lowest BCUT2D eigenvalue weighted by Crippen LogP contribution is -2.45. The van der Waals surface area contributed by atoms with E-state index in [0.29, 0.717) is 17.2 Å². The van der Waals surface area contributed by atoms with Crippen molar-refractivity contribution in [2.24, 2.45) is 0 Å². The minimum Gasteiger partial charge on any atom is -0.391 e. The van der Waals surface area contributed by atoms with E-state index in [1.807, 2.05) is 42.5 Å². The second-order valence-corrected chi connectivity index (χ2v) is 9.05. The molecule has 6 nitrogen and oxygen atoms in total. The number of nitrogens with zero attached hydrogens (tertiary/aromatic N) is 1. The molecule has 158 valence electrons. The number of carbonyl (C=O) groups excluding carboxylic acids is 1. The number of aliphatic hydroxyl groups is 1. The van der Waals surface area contributed by atoms with Gasteiger partial charge in [-0.15, -0.1) is 0 Å². The minimum absolute atomic E-state index is 0.0341. The van der Waals surface area contributed by atoms with Crippen molar-refractivity contribution < 1.29 is 18.3 Å². The summed E-state index contributed by atoms with van der Waals surface area (Å²) in [6.45, 7) is 0. The zero-order valence-corrected chi connectivity index (χ0v) is 17.5. The summed E-state index contributed by atoms with van der Waals surface area (Å²) in [5.74, 6) is 0. The zero-order valence-electron chi connectivity index (χ0n) is 16.7. The molecule has 31 heavy (non-hydrogen) atoms. The van der Waals surface area contributed by atoms with Gasteiger partial charge in [0.05, 0.1) is 17.7 Å². The van der Waals surface area contributed by atoms with Crippen LogP contribution in [-0.2, 0) is 21.2 Å². The quantitative estimate of drug-likeness (QED) is 0.415. The van der Waals surface area contributed by atoms with Gasteiger partial charge in [-0.1, -0.05) is 60.7 Å². The van der Waals surface area contributed by atoms with E-state index in [9.17, 15) is 18.3 Å². The molecule has 2 N–H and O–H groups in total. The van der Waals surface area contributed by atoms with Gasteiger partial charge >= 0.3 is 0 Å². The molecule has 0 aliphatic heterocycles. The van der Waals surface area contributed by atoms with Gasteiger partial charge in [0, 0.05) is 18.0 Å². The van der Waals surface area contributed by atoms with Crippen molar-refractivity contribution in [3.8, 4) is 0 Å². The molecule has 7 heteroatoms. The van der Waals surface area contributed by atoms with E-state index in [0.717, 1.165) is 16.3 Å². The second kappa shape index (κ2) is 8.93. The fraction of sp³-hybridized carbons (Fsp3) is 0.167. The predicted molar refractivity (Wildman–Crippen MR) is 120 cm³/mol. The third-order valence-electron chi connectivity index (χ3n) is 5.31. The number of fused-ring (bicyclic) bond motifs is 2. The normalized spacial score (nSPS) is 13.8. The summed E-state index contributed by atoms with van der Waals surface area (Å²) in [4.78, 5) is 15.3. The van der Waals surface area contributed by atoms with E-state index in [1.54, 1.807) is 24.3 Å². The lowest BCUT2D eigenvalue weighted by Gasteiger charge is -2.24. The summed E-state index contributed by atoms with van der Waals surface area (Å²) < 4.78 is 29.2. The highest BCUT2D eigenvalue weighted by atomic mass is 32.2. The average Bonchev–Trinajstić information content (AvgIpc) is 2.78. The van der Waals surface area contributed by atoms with Crippen LogP contribution in [0.2, 0.25) is 0 Å². The van der Waals surface area contributed by atoms with Gasteiger partial charge in [0.15, 0.2) is 0 Å². The first kappa shape index (κ1) is 21.1. The minimum atomic E-state index is -4.01. The Morgan fingerprint density at radius 3 is 2.48 bits per heavy atom. The second-order valence-electron chi connectivity index (χ2n) is 7.37. The van der Waals surface area contributed by atoms with Crippen LogP contribution in [0, 0.1) is 0 Å². The van der Waals surface area contributed by atoms with E-state index in [4.69, 9.17) is 0 Å². The summed E-state index contributed by atoms with van der Waals surface area (Å²) >= 11 is 0. The number of benzene rings is 3. The Morgan fingerprint density at radius 1 is 0.935 bits per heavy atom. The maximum atomic E-state index is 13.3. The third-order valence-corrected chi connectivity index (χ3v) is 6.84. The topological polar surface area (TPSA) is 96.4 Å². The summed E-state index contributed by atoms with van der Waals surface area (Å²) in [5, 5.41) is 13.3. The van der Waals surface area contributed by atoms with Crippen LogP contribution in [0.4, 0.5) is 0 Å². The fourth-order valence-electron chi connectivity index (χ4n) is 3.78. The molecule has 0 spiro atoms. The van der Waals surface area contributed by atoms with Gasteiger partial charge in [-0.3, -0.25) is 4.98 Å². The molecule has 4 rings (SSSR count). The molecular formula is C24H22N2O4S. The molecule has 1 aromatic heterocycles. The largest absolute Gasteiger partial charge is 0.391 e. The molecule has 0 saturated heterocycles. The Hall–Kier alpha value is -3.13. The standard InChI is InChI=1S/C24H22N2O4S/c27-15-13-22(28)21(16-19-9-3-7-17-6-1-2-11-20(17)19)26-31(29,30)23-12-4-8-18-10-5-14-25-24(18)23/h1-12,14-15,21-22,26,28H,13,16H2/t21?,22-/m0/s1. The Balaban J connectivity index is 1.72. The predicted octanol–water partition coefficient (Wildman–Crippen LogP) is 3.23. The van der Waals surface area contributed by atoms with Gasteiger partial charge in [0.25, 0.3) is 0 Å². The molecule has 0 saturated carbocycles. The van der Waals surface area contributed by atoms with Gasteiger partial charge < -0.3 is 9.90 Å². The number of rotatable bonds is 8. The molecule has 4 aromatic rings. The van der Waals surface area contributed by atoms with Crippen molar-refractivity contribution in [3.05, 3.63) is 84.6 Å². The van der Waals surface area contributed by atoms with Crippen LogP contribution in [-0.4, -0.2) is 36.9 Å². The van der Waals surface area contributed by atoms with Crippen LogP contribution in [0.5, 0.6) is 0 Å². The number of aromatic nitrogens is 1. The monoisotopic (exact) mass is 434 g/mol. The molecule has 0 bridgehead atoms. The summed E-state index contributed by atoms with van der Waals surface area (Å²) in [7, 11) is -4.01. The van der Waals surface area contributed by atoms with Crippen LogP contribution in [0.15, 0.2) is 83.9 Å². The van der Waals surface area contributed by atoms with E-state index < -0.39 is 22.2 Å². The molecule has 1 heterocycles. The fourth-order valence-corrected chi connectivity index (χ4v) is 5.23. The molecule has 0 radical (unpaired) electrons. The maximum Gasteiger partial charge on any atom is 0.243 e. The number of hydrogen-bond donors (Lipinski definition) is 2. The Kier molecular flexibility index (Phi) is 6.08. The molecule has 0 fully saturated rings. The van der Waals surface area contributed by atoms with Crippen LogP contribution < -0.4 is 4.72 Å². The lowest BCUT2D eigenvalue weighted by atomic mass is 9.96. The molecular weight excluding hydrogens is 412 g/mol. The first-order valence-electron chi connectivity index (χ1n) is 9.94. The van der Waals surface area contributed by atoms with Crippen molar-refractivity contribution in [1.82, 2.24) is 9.71 Å². The molecule has 0 aliphatic rings. The number of aliphatic hydroxyl groups excluding tert-OH is 1. The van der Waals surface area contributed by atoms with Crippen molar-refractivity contribution in [3.63, 3.8) is 0 Å². The van der Waals surface area contributed by atoms with Gasteiger partial charge in [-0.25, -0.2) is 13.1 Å². The van der Waals surface area contributed by atoms with Crippen molar-refractivity contribution >= 4 is 38.0 Å². The third kappa shape index (κ3) is 4.49. The van der Waals surface area contributed by atoms with Crippen LogP contribution in [0.1, 0.15) is 12.0 Å². The highest BCUT2D eigenvalue weighted by molar-refractivity contribution is 7.89. The lowest BCUT2D eigenvalue weighted by molar-refractivity contribution is -0.109. The van der Waals surface area contributed by atoms with Gasteiger partial charge in [0.1, 0.15) is 11.2 Å². The summed E-state index contributed by atoms with van der Waals surface area (Å²) in [5.41, 5.74) is 1.23. The number of carbonyl (C=O) groups is 1. The van der Waals surface area contributed by atoms with Crippen molar-refractivity contribution in [2.45, 2.75) is 29.9 Å². The first-order valence-corrected chi connectivity index (χ1v) is 11.4. The van der Waals surface area contributed by atoms with Crippen LogP contribution >= 0.6 is 0 Å². The van der Waals surface area contributed by atoms with Gasteiger partial charge in [-0.2, -0.15) is 0 Å². The summed E-state index contributed by atoms with van der Waals surface area (Å²) in [6.07, 6.45) is 1.01. The average molecular weight is 435 g/mol. The van der Waals surface area contributed by atoms with Gasteiger partial charge in [-0.05, 0) is 34.9 Å². The first-order chi connectivity index (χ1) is 15.0. The number of pyridine rings is 1. The SMILES string of the molecule is O=CC[C@H](O)C(Cc1cccc2ccccc12)NS(=O)(=O)c1cccc2cccnc12. The highest BCUT2D eigenvalue weighted by Crippen LogP contribution is 2.24. The number of para-hydroxylation sites is 1. The van der Waals surface area contributed by atoms with Gasteiger partial charge in [0.2, 0.25) is 10.0 Å². The van der Waals surface area contributed by atoms with Crippen LogP contribution in [0.3, 0.4) is 0 Å². The molecule has 1 unspecified atom stereocenters. The van der Waals surface area contributed by atoms with Crippen molar-refractivity contribution in [1.29, 1.82) is 0 Å². The number of sulfonamides is 1. The smallest absolute Gasteiger partial charge is 0.243 e. The highest BCUT2D eigenvalue weighted by Gasteiger charge is 2.28. The molecule has 3 aromatic carbocycles. The maximum absolute atomic E-state index is 13.3. The molecule has 0 amide bonds. The Morgan fingerprint density at radius 2 is 1.65 bits per heavy atom. The van der Waals surface area contributed by atoms with E-state index in [2.05, 4.69) is 9.71 Å². The number of nitrogens with one attached hydrogen (secondary N) is 1. The number of hydrogen-bond acceptors (Lipinski definition) is 5. The Labute approximate surface area is 180 Å². The van der Waals surface area contributed by atoms with E-state index in [1.165, 1.54) is 12.3 Å². The summed E-state index contributed by atoms with van der Waals surface area (Å²) in [6, 6.07) is 21.1. The van der Waals surface area contributed by atoms with E-state index >= 15 is 0 Å².